The van der Waals surface area contributed by atoms with Crippen LogP contribution >= 0.6 is 15.9 Å². The van der Waals surface area contributed by atoms with E-state index in [9.17, 15) is 14.9 Å². The molecule has 0 fully saturated rings. The number of nitro groups is 1. The van der Waals surface area contributed by atoms with Crippen molar-refractivity contribution in [3.8, 4) is 0 Å². The number of halogens is 1. The molecule has 0 bridgehead atoms. The fourth-order valence-electron chi connectivity index (χ4n) is 1.80. The fraction of sp³-hybridized carbons (Fsp3) is 0.0714. The lowest BCUT2D eigenvalue weighted by atomic mass is 10.1. The van der Waals surface area contributed by atoms with E-state index in [1.54, 1.807) is 36.4 Å². The van der Waals surface area contributed by atoms with Crippen LogP contribution in [0.1, 0.15) is 15.9 Å². The van der Waals surface area contributed by atoms with E-state index in [0.717, 1.165) is 0 Å². The van der Waals surface area contributed by atoms with Crippen molar-refractivity contribution in [3.05, 3.63) is 68.2 Å². The first-order chi connectivity index (χ1) is 9.99. The van der Waals surface area contributed by atoms with Crippen LogP contribution in [-0.2, 0) is 6.54 Å². The smallest absolute Gasteiger partial charge is 0.274 e. The molecule has 0 aliphatic rings. The summed E-state index contributed by atoms with van der Waals surface area (Å²) >= 11 is 3.25. The van der Waals surface area contributed by atoms with Crippen LogP contribution < -0.4 is 11.1 Å². The highest BCUT2D eigenvalue weighted by Gasteiger charge is 2.14. The maximum Gasteiger partial charge on any atom is 0.274 e. The zero-order valence-corrected chi connectivity index (χ0v) is 12.5. The number of nitrogens with two attached hydrogens (primary N) is 1. The van der Waals surface area contributed by atoms with Gasteiger partial charge in [0.2, 0.25) is 0 Å². The molecule has 0 atom stereocenters. The topological polar surface area (TPSA) is 98.3 Å². The SMILES string of the molecule is Nc1cc(C(=O)NCc2ccccc2[N+](=O)[O-])ccc1Br. The Kier molecular flexibility index (Phi) is 4.54. The number of carbonyl (C=O) groups is 1. The van der Waals surface area contributed by atoms with E-state index < -0.39 is 4.92 Å². The first-order valence-electron chi connectivity index (χ1n) is 6.04. The number of nitrogens with one attached hydrogen (secondary N) is 1. The number of benzene rings is 2. The van der Waals surface area contributed by atoms with Gasteiger partial charge in [-0.3, -0.25) is 14.9 Å². The maximum absolute atomic E-state index is 12.0. The second kappa shape index (κ2) is 6.36. The van der Waals surface area contributed by atoms with Crippen molar-refractivity contribution in [3.63, 3.8) is 0 Å². The molecule has 0 aliphatic heterocycles. The normalized spacial score (nSPS) is 10.1. The molecule has 2 aromatic carbocycles. The maximum atomic E-state index is 12.0. The summed E-state index contributed by atoms with van der Waals surface area (Å²) in [5, 5.41) is 13.5. The molecule has 0 saturated carbocycles. The first kappa shape index (κ1) is 15.0. The van der Waals surface area contributed by atoms with Gasteiger partial charge in [0.25, 0.3) is 11.6 Å². The van der Waals surface area contributed by atoms with Gasteiger partial charge in [-0.25, -0.2) is 0 Å². The molecule has 0 heterocycles. The average molecular weight is 350 g/mol. The van der Waals surface area contributed by atoms with Crippen molar-refractivity contribution in [2.45, 2.75) is 6.54 Å². The summed E-state index contributed by atoms with van der Waals surface area (Å²) in [5.41, 5.74) is 6.99. The lowest BCUT2D eigenvalue weighted by Gasteiger charge is -2.07. The van der Waals surface area contributed by atoms with Crippen LogP contribution in [0.4, 0.5) is 11.4 Å². The molecule has 1 amide bonds. The first-order valence-corrected chi connectivity index (χ1v) is 6.84. The molecule has 2 rings (SSSR count). The van der Waals surface area contributed by atoms with Crippen molar-refractivity contribution < 1.29 is 9.72 Å². The molecule has 0 unspecified atom stereocenters. The van der Waals surface area contributed by atoms with Gasteiger partial charge in [0, 0.05) is 33.9 Å². The van der Waals surface area contributed by atoms with E-state index in [2.05, 4.69) is 21.2 Å². The van der Waals surface area contributed by atoms with Crippen molar-refractivity contribution in [2.24, 2.45) is 0 Å². The van der Waals surface area contributed by atoms with Crippen molar-refractivity contribution in [1.29, 1.82) is 0 Å². The van der Waals surface area contributed by atoms with Crippen LogP contribution in [-0.4, -0.2) is 10.8 Å². The third-order valence-electron chi connectivity index (χ3n) is 2.89. The van der Waals surface area contributed by atoms with Crippen LogP contribution in [0.25, 0.3) is 0 Å². The molecule has 3 N–H and O–H groups in total. The van der Waals surface area contributed by atoms with Gasteiger partial charge in [-0.05, 0) is 34.1 Å². The summed E-state index contributed by atoms with van der Waals surface area (Å²) in [6.45, 7) is 0.0754. The minimum absolute atomic E-state index is 0.0203. The highest BCUT2D eigenvalue weighted by Crippen LogP contribution is 2.21. The number of para-hydroxylation sites is 1. The van der Waals surface area contributed by atoms with Gasteiger partial charge in [-0.1, -0.05) is 18.2 Å². The lowest BCUT2D eigenvalue weighted by Crippen LogP contribution is -2.23. The predicted molar refractivity (Wildman–Crippen MR) is 82.8 cm³/mol. The van der Waals surface area contributed by atoms with E-state index in [1.165, 1.54) is 6.07 Å². The van der Waals surface area contributed by atoms with Crippen molar-refractivity contribution in [1.82, 2.24) is 5.32 Å². The quantitative estimate of drug-likeness (QED) is 0.503. The Morgan fingerprint density at radius 2 is 2.00 bits per heavy atom. The Morgan fingerprint density at radius 3 is 2.67 bits per heavy atom. The van der Waals surface area contributed by atoms with Gasteiger partial charge in [-0.15, -0.1) is 0 Å². The van der Waals surface area contributed by atoms with Crippen LogP contribution in [0, 0.1) is 10.1 Å². The summed E-state index contributed by atoms with van der Waals surface area (Å²) in [4.78, 5) is 22.4. The van der Waals surface area contributed by atoms with Crippen molar-refractivity contribution >= 4 is 33.2 Å². The Morgan fingerprint density at radius 1 is 1.29 bits per heavy atom. The molecule has 2 aromatic rings. The molecule has 0 aliphatic carbocycles. The molecule has 0 spiro atoms. The molecule has 21 heavy (non-hydrogen) atoms. The van der Waals surface area contributed by atoms with Crippen LogP contribution in [0.15, 0.2) is 46.9 Å². The van der Waals surface area contributed by atoms with E-state index in [0.29, 0.717) is 21.3 Å². The Balaban J connectivity index is 2.11. The second-order valence-corrected chi connectivity index (χ2v) is 5.16. The van der Waals surface area contributed by atoms with E-state index in [-0.39, 0.29) is 18.1 Å². The molecular formula is C14H12BrN3O3. The lowest BCUT2D eigenvalue weighted by molar-refractivity contribution is -0.385. The fourth-order valence-corrected chi connectivity index (χ4v) is 2.05. The zero-order chi connectivity index (χ0) is 15.4. The summed E-state index contributed by atoms with van der Waals surface area (Å²) in [6, 6.07) is 11.1. The van der Waals surface area contributed by atoms with E-state index in [4.69, 9.17) is 5.73 Å². The molecule has 0 saturated heterocycles. The zero-order valence-electron chi connectivity index (χ0n) is 10.9. The highest BCUT2D eigenvalue weighted by molar-refractivity contribution is 9.10. The Hall–Kier alpha value is -2.41. The molecule has 0 radical (unpaired) electrons. The number of anilines is 1. The van der Waals surface area contributed by atoms with Crippen LogP contribution in [0.3, 0.4) is 0 Å². The number of nitro benzene ring substituents is 1. The van der Waals surface area contributed by atoms with E-state index in [1.807, 2.05) is 0 Å². The summed E-state index contributed by atoms with van der Waals surface area (Å²) in [7, 11) is 0. The molecule has 6 nitrogen and oxygen atoms in total. The monoisotopic (exact) mass is 349 g/mol. The van der Waals surface area contributed by atoms with E-state index >= 15 is 0 Å². The molecule has 0 aromatic heterocycles. The number of hydrogen-bond donors (Lipinski definition) is 2. The average Bonchev–Trinajstić information content (AvgIpc) is 2.47. The number of amides is 1. The summed E-state index contributed by atoms with van der Waals surface area (Å²) in [6.07, 6.45) is 0. The molecule has 7 heteroatoms. The molecule has 108 valence electrons. The van der Waals surface area contributed by atoms with Gasteiger partial charge < -0.3 is 11.1 Å². The second-order valence-electron chi connectivity index (χ2n) is 4.30. The Bertz CT molecular complexity index is 704. The Labute approximate surface area is 129 Å². The number of nitrogens with zero attached hydrogens (tertiary/aromatic N) is 1. The summed E-state index contributed by atoms with van der Waals surface area (Å²) < 4.78 is 0.706. The van der Waals surface area contributed by atoms with Gasteiger partial charge in [0.05, 0.1) is 4.92 Å². The number of nitrogen functional groups attached to an aromatic ring is 1. The number of hydrogen-bond acceptors (Lipinski definition) is 4. The number of rotatable bonds is 4. The standard InChI is InChI=1S/C14H12BrN3O3/c15-11-6-5-9(7-12(11)16)14(19)17-8-10-3-1-2-4-13(10)18(20)21/h1-7H,8,16H2,(H,17,19). The third kappa shape index (κ3) is 3.57. The largest absolute Gasteiger partial charge is 0.398 e. The highest BCUT2D eigenvalue weighted by atomic mass is 79.9. The predicted octanol–water partition coefficient (Wildman–Crippen LogP) is 2.87. The summed E-state index contributed by atoms with van der Waals surface area (Å²) in [5.74, 6) is -0.340. The van der Waals surface area contributed by atoms with Crippen LogP contribution in [0.2, 0.25) is 0 Å². The minimum atomic E-state index is -0.473. The van der Waals surface area contributed by atoms with Crippen LogP contribution in [0.5, 0.6) is 0 Å². The van der Waals surface area contributed by atoms with Gasteiger partial charge in [0.15, 0.2) is 0 Å². The van der Waals surface area contributed by atoms with Gasteiger partial charge in [0.1, 0.15) is 0 Å². The minimum Gasteiger partial charge on any atom is -0.398 e. The number of carbonyl (C=O) groups excluding carboxylic acids is 1. The third-order valence-corrected chi connectivity index (χ3v) is 3.61. The van der Waals surface area contributed by atoms with Gasteiger partial charge in [-0.2, -0.15) is 0 Å². The van der Waals surface area contributed by atoms with Gasteiger partial charge >= 0.3 is 0 Å². The van der Waals surface area contributed by atoms with Crippen molar-refractivity contribution in [2.75, 3.05) is 5.73 Å². The molecular weight excluding hydrogens is 338 g/mol.